The summed E-state index contributed by atoms with van der Waals surface area (Å²) in [7, 11) is 0. The Kier molecular flexibility index (Phi) is 3.55. The molecule has 1 heterocycles. The van der Waals surface area contributed by atoms with E-state index in [1.165, 1.54) is 6.08 Å². The van der Waals surface area contributed by atoms with E-state index in [9.17, 15) is 13.2 Å². The summed E-state index contributed by atoms with van der Waals surface area (Å²) >= 11 is 0. The van der Waals surface area contributed by atoms with Gasteiger partial charge in [-0.15, -0.1) is 0 Å². The van der Waals surface area contributed by atoms with Gasteiger partial charge >= 0.3 is 6.18 Å². The minimum atomic E-state index is -4.15. The van der Waals surface area contributed by atoms with E-state index in [2.05, 4.69) is 0 Å². The molecule has 1 unspecified atom stereocenters. The van der Waals surface area contributed by atoms with E-state index in [0.717, 1.165) is 0 Å². The largest absolute Gasteiger partial charge is 0.412 e. The van der Waals surface area contributed by atoms with Crippen LogP contribution in [0.4, 0.5) is 13.2 Å². The van der Waals surface area contributed by atoms with Gasteiger partial charge in [0.2, 0.25) is 0 Å². The van der Waals surface area contributed by atoms with Gasteiger partial charge in [-0.3, -0.25) is 4.90 Å². The van der Waals surface area contributed by atoms with Crippen LogP contribution in [-0.4, -0.2) is 36.8 Å². The van der Waals surface area contributed by atoms with Crippen LogP contribution in [0.25, 0.3) is 0 Å². The minimum absolute atomic E-state index is 0.0100. The minimum Gasteiger partial charge on any atom is -0.327 e. The second-order valence-electron chi connectivity index (χ2n) is 3.71. The maximum absolute atomic E-state index is 12.2. The highest BCUT2D eigenvalue weighted by Crippen LogP contribution is 2.29. The van der Waals surface area contributed by atoms with Gasteiger partial charge in [-0.05, 0) is 13.3 Å². The van der Waals surface area contributed by atoms with Crippen LogP contribution in [0.15, 0.2) is 11.6 Å². The lowest BCUT2D eigenvalue weighted by Gasteiger charge is -2.28. The van der Waals surface area contributed by atoms with Crippen LogP contribution in [0.5, 0.6) is 0 Å². The van der Waals surface area contributed by atoms with Crippen molar-refractivity contribution in [1.82, 2.24) is 4.90 Å². The van der Waals surface area contributed by atoms with Crippen LogP contribution in [0.1, 0.15) is 13.3 Å². The summed E-state index contributed by atoms with van der Waals surface area (Å²) in [4.78, 5) is 1.93. The lowest BCUT2D eigenvalue weighted by molar-refractivity contribution is -0.0960. The molecule has 82 valence electrons. The van der Waals surface area contributed by atoms with Gasteiger partial charge in [-0.1, -0.05) is 6.08 Å². The van der Waals surface area contributed by atoms with Crippen LogP contribution in [0.3, 0.4) is 0 Å². The molecule has 2 N–H and O–H groups in total. The van der Waals surface area contributed by atoms with Crippen LogP contribution < -0.4 is 5.73 Å². The Labute approximate surface area is 81.6 Å². The van der Waals surface area contributed by atoms with Gasteiger partial charge < -0.3 is 5.73 Å². The van der Waals surface area contributed by atoms with Crippen molar-refractivity contribution in [2.45, 2.75) is 25.6 Å². The van der Waals surface area contributed by atoms with Gasteiger partial charge in [0.15, 0.2) is 0 Å². The lowest BCUT2D eigenvalue weighted by atomic mass is 10.1. The maximum Gasteiger partial charge on any atom is 0.412 e. The van der Waals surface area contributed by atoms with Crippen molar-refractivity contribution in [3.63, 3.8) is 0 Å². The second kappa shape index (κ2) is 4.31. The van der Waals surface area contributed by atoms with Crippen molar-refractivity contribution in [2.75, 3.05) is 19.6 Å². The van der Waals surface area contributed by atoms with Crippen LogP contribution in [0, 0.1) is 0 Å². The first-order valence-corrected chi connectivity index (χ1v) is 4.64. The van der Waals surface area contributed by atoms with Crippen molar-refractivity contribution in [3.8, 4) is 0 Å². The highest BCUT2D eigenvalue weighted by atomic mass is 19.4. The summed E-state index contributed by atoms with van der Waals surface area (Å²) in [5.74, 6) is 0. The Hall–Kier alpha value is -0.550. The molecule has 0 saturated heterocycles. The molecule has 1 atom stereocenters. The van der Waals surface area contributed by atoms with Crippen LogP contribution >= 0.6 is 0 Å². The third-order valence-electron chi connectivity index (χ3n) is 2.20. The number of rotatable bonds is 2. The molecule has 0 amide bonds. The fourth-order valence-corrected chi connectivity index (χ4v) is 1.54. The van der Waals surface area contributed by atoms with Gasteiger partial charge in [0.05, 0.1) is 0 Å². The first-order chi connectivity index (χ1) is 6.39. The molecule has 0 aromatic heterocycles. The summed E-state index contributed by atoms with van der Waals surface area (Å²) in [6, 6.07) is 0.0100. The van der Waals surface area contributed by atoms with Gasteiger partial charge in [-0.25, -0.2) is 0 Å². The van der Waals surface area contributed by atoms with Crippen molar-refractivity contribution >= 4 is 0 Å². The maximum atomic E-state index is 12.2. The number of hydrogen-bond acceptors (Lipinski definition) is 2. The van der Waals surface area contributed by atoms with E-state index >= 15 is 0 Å². The molecule has 2 nitrogen and oxygen atoms in total. The molecule has 0 saturated carbocycles. The average Bonchev–Trinajstić information content (AvgIpc) is 2.02. The summed E-state index contributed by atoms with van der Waals surface area (Å²) < 4.78 is 36.7. The normalized spacial score (nSPS) is 21.9. The first-order valence-electron chi connectivity index (χ1n) is 4.64. The summed E-state index contributed by atoms with van der Waals surface area (Å²) in [6.45, 7) is 3.31. The Balaban J connectivity index is 2.47. The summed E-state index contributed by atoms with van der Waals surface area (Å²) in [5, 5.41) is 0. The van der Waals surface area contributed by atoms with Crippen molar-refractivity contribution in [3.05, 3.63) is 11.6 Å². The standard InChI is InChI=1S/C9H15F3N2/c1-7(13)6-14-4-2-8(3-5-14)9(10,11)12/h2,7H,3-6,13H2,1H3. The first kappa shape index (κ1) is 11.5. The molecule has 1 rings (SSSR count). The summed E-state index contributed by atoms with van der Waals surface area (Å²) in [6.07, 6.45) is -2.82. The van der Waals surface area contributed by atoms with E-state index in [-0.39, 0.29) is 12.5 Å². The third-order valence-corrected chi connectivity index (χ3v) is 2.20. The Morgan fingerprint density at radius 3 is 2.57 bits per heavy atom. The lowest BCUT2D eigenvalue weighted by Crippen LogP contribution is -2.39. The highest BCUT2D eigenvalue weighted by molar-refractivity contribution is 5.13. The molecule has 0 aromatic carbocycles. The molecule has 1 aliphatic heterocycles. The predicted molar refractivity (Wildman–Crippen MR) is 48.8 cm³/mol. The zero-order valence-corrected chi connectivity index (χ0v) is 8.14. The Morgan fingerprint density at radius 1 is 1.57 bits per heavy atom. The molecule has 0 radical (unpaired) electrons. The van der Waals surface area contributed by atoms with E-state index < -0.39 is 11.7 Å². The van der Waals surface area contributed by atoms with E-state index in [1.807, 2.05) is 11.8 Å². The molecule has 0 spiro atoms. The zero-order valence-electron chi connectivity index (χ0n) is 8.14. The monoisotopic (exact) mass is 208 g/mol. The van der Waals surface area contributed by atoms with Gasteiger partial charge in [0, 0.05) is 31.2 Å². The fourth-order valence-electron chi connectivity index (χ4n) is 1.54. The van der Waals surface area contributed by atoms with E-state index in [0.29, 0.717) is 19.6 Å². The average molecular weight is 208 g/mol. The molecular formula is C9H15F3N2. The molecule has 14 heavy (non-hydrogen) atoms. The van der Waals surface area contributed by atoms with Crippen molar-refractivity contribution < 1.29 is 13.2 Å². The van der Waals surface area contributed by atoms with Crippen LogP contribution in [0.2, 0.25) is 0 Å². The van der Waals surface area contributed by atoms with E-state index in [4.69, 9.17) is 5.73 Å². The van der Waals surface area contributed by atoms with Gasteiger partial charge in [-0.2, -0.15) is 13.2 Å². The molecule has 0 aliphatic carbocycles. The number of nitrogens with two attached hydrogens (primary N) is 1. The smallest absolute Gasteiger partial charge is 0.327 e. The quantitative estimate of drug-likeness (QED) is 0.697. The number of halogens is 3. The molecule has 1 aliphatic rings. The molecular weight excluding hydrogens is 193 g/mol. The zero-order chi connectivity index (χ0) is 10.8. The molecule has 5 heteroatoms. The molecule has 0 fully saturated rings. The highest BCUT2D eigenvalue weighted by Gasteiger charge is 2.34. The number of alkyl halides is 3. The molecule has 0 bridgehead atoms. The van der Waals surface area contributed by atoms with Crippen molar-refractivity contribution in [1.29, 1.82) is 0 Å². The Morgan fingerprint density at radius 2 is 2.21 bits per heavy atom. The van der Waals surface area contributed by atoms with Gasteiger partial charge in [0.25, 0.3) is 0 Å². The Bertz CT molecular complexity index is 221. The van der Waals surface area contributed by atoms with E-state index in [1.54, 1.807) is 0 Å². The van der Waals surface area contributed by atoms with Gasteiger partial charge in [0.1, 0.15) is 0 Å². The SMILES string of the molecule is CC(N)CN1CC=C(C(F)(F)F)CC1. The van der Waals surface area contributed by atoms with Crippen molar-refractivity contribution in [2.24, 2.45) is 5.73 Å². The number of nitrogens with zero attached hydrogens (tertiary/aromatic N) is 1. The topological polar surface area (TPSA) is 29.3 Å². The summed E-state index contributed by atoms with van der Waals surface area (Å²) in [5.41, 5.74) is 5.15. The fraction of sp³-hybridized carbons (Fsp3) is 0.778. The third kappa shape index (κ3) is 3.31. The predicted octanol–water partition coefficient (Wildman–Crippen LogP) is 1.53. The van der Waals surface area contributed by atoms with Crippen LogP contribution in [-0.2, 0) is 0 Å². The molecule has 0 aromatic rings. The second-order valence-corrected chi connectivity index (χ2v) is 3.71. The number of hydrogen-bond donors (Lipinski definition) is 1.